The van der Waals surface area contributed by atoms with E-state index in [9.17, 15) is 14.4 Å². The standard InChI is InChI=1S/C22H24N2O4S/c1-15(22(27)23-11-8-19-17(14-23)9-12-29-19)28-21(26)13-16-4-6-18(7-5-16)24-10-2-3-20(24)25/h4-7,9,12,15H,2-3,8,10-11,13-14H2,1H3/t15-/m0/s1. The number of fused-ring (bicyclic) bond motifs is 1. The first-order valence-electron chi connectivity index (χ1n) is 9.94. The van der Waals surface area contributed by atoms with Crippen molar-refractivity contribution in [2.45, 2.75) is 45.3 Å². The highest BCUT2D eigenvalue weighted by Gasteiger charge is 2.27. The molecule has 1 atom stereocenters. The van der Waals surface area contributed by atoms with Crippen molar-refractivity contribution in [2.75, 3.05) is 18.0 Å². The number of esters is 1. The molecular weight excluding hydrogens is 388 g/mol. The van der Waals surface area contributed by atoms with Gasteiger partial charge in [0.15, 0.2) is 6.10 Å². The molecule has 6 nitrogen and oxygen atoms in total. The molecule has 0 N–H and O–H groups in total. The molecule has 0 unspecified atom stereocenters. The Hall–Kier alpha value is -2.67. The average molecular weight is 413 g/mol. The number of ether oxygens (including phenoxy) is 1. The molecule has 0 radical (unpaired) electrons. The maximum Gasteiger partial charge on any atom is 0.311 e. The van der Waals surface area contributed by atoms with Gasteiger partial charge in [0.25, 0.3) is 5.91 Å². The van der Waals surface area contributed by atoms with E-state index in [4.69, 9.17) is 4.74 Å². The van der Waals surface area contributed by atoms with Crippen LogP contribution in [-0.4, -0.2) is 41.9 Å². The Bertz CT molecular complexity index is 921. The second-order valence-electron chi connectivity index (χ2n) is 7.50. The third-order valence-electron chi connectivity index (χ3n) is 5.45. The van der Waals surface area contributed by atoms with Gasteiger partial charge in [-0.3, -0.25) is 14.4 Å². The van der Waals surface area contributed by atoms with Crippen LogP contribution < -0.4 is 4.90 Å². The number of rotatable bonds is 5. The second-order valence-corrected chi connectivity index (χ2v) is 8.50. The van der Waals surface area contributed by atoms with Gasteiger partial charge in [0, 0.05) is 36.6 Å². The molecule has 1 aromatic carbocycles. The molecule has 0 bridgehead atoms. The van der Waals surface area contributed by atoms with E-state index >= 15 is 0 Å². The summed E-state index contributed by atoms with van der Waals surface area (Å²) >= 11 is 1.72. The normalized spacial score (nSPS) is 17.2. The fraction of sp³-hybridized carbons (Fsp3) is 0.409. The van der Waals surface area contributed by atoms with Crippen molar-refractivity contribution >= 4 is 34.8 Å². The van der Waals surface area contributed by atoms with Crippen molar-refractivity contribution in [3.05, 3.63) is 51.7 Å². The highest BCUT2D eigenvalue weighted by atomic mass is 32.1. The van der Waals surface area contributed by atoms with Crippen LogP contribution in [-0.2, 0) is 38.5 Å². The zero-order chi connectivity index (χ0) is 20.4. The van der Waals surface area contributed by atoms with Crippen LogP contribution in [0.1, 0.15) is 35.8 Å². The van der Waals surface area contributed by atoms with Crippen molar-refractivity contribution in [3.63, 3.8) is 0 Å². The number of benzene rings is 1. The first-order chi connectivity index (χ1) is 14.0. The van der Waals surface area contributed by atoms with E-state index in [1.807, 2.05) is 29.6 Å². The van der Waals surface area contributed by atoms with Crippen LogP contribution in [0.25, 0.3) is 0 Å². The maximum atomic E-state index is 12.7. The number of nitrogens with zero attached hydrogens (tertiary/aromatic N) is 2. The Kier molecular flexibility index (Phi) is 5.67. The van der Waals surface area contributed by atoms with E-state index in [0.717, 1.165) is 30.6 Å². The van der Waals surface area contributed by atoms with Gasteiger partial charge in [-0.05, 0) is 54.5 Å². The molecule has 2 aliphatic rings. The molecule has 3 heterocycles. The molecular formula is C22H24N2O4S. The number of carbonyl (C=O) groups excluding carboxylic acids is 3. The summed E-state index contributed by atoms with van der Waals surface area (Å²) in [6.45, 7) is 3.61. The fourth-order valence-corrected chi connectivity index (χ4v) is 4.75. The molecule has 1 fully saturated rings. The zero-order valence-corrected chi connectivity index (χ0v) is 17.2. The molecule has 4 rings (SSSR count). The van der Waals surface area contributed by atoms with Crippen LogP contribution in [0.15, 0.2) is 35.7 Å². The van der Waals surface area contributed by atoms with E-state index in [0.29, 0.717) is 19.5 Å². The van der Waals surface area contributed by atoms with Crippen molar-refractivity contribution in [1.82, 2.24) is 4.90 Å². The summed E-state index contributed by atoms with van der Waals surface area (Å²) in [5, 5.41) is 2.05. The average Bonchev–Trinajstić information content (AvgIpc) is 3.36. The van der Waals surface area contributed by atoms with Gasteiger partial charge in [0.2, 0.25) is 5.91 Å². The third-order valence-corrected chi connectivity index (χ3v) is 6.47. The van der Waals surface area contributed by atoms with Crippen LogP contribution in [0.3, 0.4) is 0 Å². The summed E-state index contributed by atoms with van der Waals surface area (Å²) in [7, 11) is 0. The minimum Gasteiger partial charge on any atom is -0.452 e. The highest BCUT2D eigenvalue weighted by Crippen LogP contribution is 2.25. The van der Waals surface area contributed by atoms with Gasteiger partial charge in [-0.2, -0.15) is 0 Å². The van der Waals surface area contributed by atoms with Crippen LogP contribution in [0, 0.1) is 0 Å². The minimum atomic E-state index is -0.802. The highest BCUT2D eigenvalue weighted by molar-refractivity contribution is 7.10. The summed E-state index contributed by atoms with van der Waals surface area (Å²) in [6.07, 6.45) is 1.62. The Morgan fingerprint density at radius 2 is 1.93 bits per heavy atom. The topological polar surface area (TPSA) is 66.9 Å². The predicted octanol–water partition coefficient (Wildman–Crippen LogP) is 2.93. The minimum absolute atomic E-state index is 0.0977. The van der Waals surface area contributed by atoms with E-state index in [1.54, 1.807) is 28.1 Å². The first kappa shape index (κ1) is 19.6. The van der Waals surface area contributed by atoms with Crippen LogP contribution in [0.5, 0.6) is 0 Å². The lowest BCUT2D eigenvalue weighted by atomic mass is 10.1. The Balaban J connectivity index is 1.30. The second kappa shape index (κ2) is 8.37. The lowest BCUT2D eigenvalue weighted by Crippen LogP contribution is -2.42. The molecule has 2 amide bonds. The van der Waals surface area contributed by atoms with Crippen molar-refractivity contribution < 1.29 is 19.1 Å². The van der Waals surface area contributed by atoms with Crippen molar-refractivity contribution in [3.8, 4) is 0 Å². The van der Waals surface area contributed by atoms with Crippen molar-refractivity contribution in [2.24, 2.45) is 0 Å². The maximum absolute atomic E-state index is 12.7. The third kappa shape index (κ3) is 4.34. The molecule has 0 spiro atoms. The summed E-state index contributed by atoms with van der Waals surface area (Å²) in [6, 6.07) is 9.42. The Labute approximate surface area is 174 Å². The van der Waals surface area contributed by atoms with E-state index < -0.39 is 12.1 Å². The molecule has 2 aromatic rings. The van der Waals surface area contributed by atoms with Gasteiger partial charge in [-0.25, -0.2) is 0 Å². The van der Waals surface area contributed by atoms with Gasteiger partial charge in [-0.1, -0.05) is 12.1 Å². The molecule has 7 heteroatoms. The zero-order valence-electron chi connectivity index (χ0n) is 16.4. The largest absolute Gasteiger partial charge is 0.452 e. The van der Waals surface area contributed by atoms with Crippen LogP contribution >= 0.6 is 11.3 Å². The first-order valence-corrected chi connectivity index (χ1v) is 10.8. The quantitative estimate of drug-likeness (QED) is 0.709. The lowest BCUT2D eigenvalue weighted by Gasteiger charge is -2.29. The monoisotopic (exact) mass is 412 g/mol. The summed E-state index contributed by atoms with van der Waals surface area (Å²) in [4.78, 5) is 41.6. The number of hydrogen-bond acceptors (Lipinski definition) is 5. The fourth-order valence-electron chi connectivity index (χ4n) is 3.86. The van der Waals surface area contributed by atoms with E-state index in [2.05, 4.69) is 6.07 Å². The lowest BCUT2D eigenvalue weighted by molar-refractivity contribution is -0.159. The number of carbonyl (C=O) groups is 3. The van der Waals surface area contributed by atoms with Gasteiger partial charge in [-0.15, -0.1) is 11.3 Å². The van der Waals surface area contributed by atoms with Crippen LogP contribution in [0.4, 0.5) is 5.69 Å². The molecule has 152 valence electrons. The van der Waals surface area contributed by atoms with E-state index in [1.165, 1.54) is 10.4 Å². The smallest absolute Gasteiger partial charge is 0.311 e. The molecule has 1 aromatic heterocycles. The number of thiophene rings is 1. The molecule has 0 saturated carbocycles. The molecule has 29 heavy (non-hydrogen) atoms. The van der Waals surface area contributed by atoms with Gasteiger partial charge in [0.05, 0.1) is 6.42 Å². The van der Waals surface area contributed by atoms with Gasteiger partial charge < -0.3 is 14.5 Å². The summed E-state index contributed by atoms with van der Waals surface area (Å²) in [5.41, 5.74) is 2.83. The Morgan fingerprint density at radius 1 is 1.14 bits per heavy atom. The van der Waals surface area contributed by atoms with Crippen molar-refractivity contribution in [1.29, 1.82) is 0 Å². The molecule has 1 saturated heterocycles. The number of anilines is 1. The molecule has 0 aliphatic carbocycles. The predicted molar refractivity (Wildman–Crippen MR) is 111 cm³/mol. The SMILES string of the molecule is C[C@H](OC(=O)Cc1ccc(N2CCCC2=O)cc1)C(=O)N1CCc2sccc2C1. The van der Waals surface area contributed by atoms with Crippen LogP contribution in [0.2, 0.25) is 0 Å². The van der Waals surface area contributed by atoms with Gasteiger partial charge >= 0.3 is 5.97 Å². The number of hydrogen-bond donors (Lipinski definition) is 0. The summed E-state index contributed by atoms with van der Waals surface area (Å²) < 4.78 is 5.39. The number of amides is 2. The van der Waals surface area contributed by atoms with E-state index in [-0.39, 0.29) is 18.2 Å². The molecule has 2 aliphatic heterocycles. The summed E-state index contributed by atoms with van der Waals surface area (Å²) in [5.74, 6) is -0.445. The Morgan fingerprint density at radius 3 is 2.66 bits per heavy atom. The van der Waals surface area contributed by atoms with Gasteiger partial charge in [0.1, 0.15) is 0 Å².